The molecule has 2 aliphatic rings. The van der Waals surface area contributed by atoms with Crippen molar-refractivity contribution in [3.63, 3.8) is 0 Å². The normalized spacial score (nSPS) is 27.0. The number of hydrogen-bond acceptors (Lipinski definition) is 4. The third-order valence-corrected chi connectivity index (χ3v) is 5.23. The van der Waals surface area contributed by atoms with Crippen LogP contribution >= 0.6 is 0 Å². The molecule has 0 aliphatic carbocycles. The first-order chi connectivity index (χ1) is 10.8. The van der Waals surface area contributed by atoms with E-state index in [1.807, 2.05) is 0 Å². The Kier molecular flexibility index (Phi) is 2.50. The average Bonchev–Trinajstić information content (AvgIpc) is 3.30. The molecule has 0 amide bonds. The van der Waals surface area contributed by atoms with Crippen molar-refractivity contribution in [1.29, 1.82) is 0 Å². The van der Waals surface area contributed by atoms with E-state index in [2.05, 4.69) is 52.1 Å². The Hall–Kier alpha value is -2.14. The first-order valence-electron chi connectivity index (χ1n) is 7.90. The summed E-state index contributed by atoms with van der Waals surface area (Å²) in [6.07, 6.45) is 3.35. The van der Waals surface area contributed by atoms with Crippen LogP contribution in [0.25, 0.3) is 22.3 Å². The molecule has 2 bridgehead atoms. The fraction of sp³-hybridized carbons (Fsp3) is 0.412. The van der Waals surface area contributed by atoms with Crippen LogP contribution < -0.4 is 0 Å². The largest absolute Gasteiger partial charge is 0.350 e. The average molecular weight is 294 g/mol. The SMILES string of the molecule is Cn1cc(-c2noc([C@H]3CN4CC[C@@H]3C4)n2)c2ccccc21. The number of nitrogens with zero attached hydrogens (tertiary/aromatic N) is 4. The molecule has 1 aromatic carbocycles. The predicted octanol–water partition coefficient (Wildman–Crippen LogP) is 2.65. The molecule has 0 radical (unpaired) electrons. The Morgan fingerprint density at radius 2 is 2.14 bits per heavy atom. The highest BCUT2D eigenvalue weighted by atomic mass is 16.5. The summed E-state index contributed by atoms with van der Waals surface area (Å²) < 4.78 is 7.73. The number of piperidine rings is 1. The van der Waals surface area contributed by atoms with Gasteiger partial charge in [-0.15, -0.1) is 0 Å². The van der Waals surface area contributed by atoms with Gasteiger partial charge in [-0.1, -0.05) is 23.4 Å². The van der Waals surface area contributed by atoms with Crippen LogP contribution in [0, 0.1) is 5.92 Å². The van der Waals surface area contributed by atoms with E-state index in [9.17, 15) is 0 Å². The van der Waals surface area contributed by atoms with Gasteiger partial charge < -0.3 is 14.0 Å². The second-order valence-electron chi connectivity index (χ2n) is 6.54. The summed E-state index contributed by atoms with van der Waals surface area (Å²) in [6, 6.07) is 8.33. The summed E-state index contributed by atoms with van der Waals surface area (Å²) in [5.74, 6) is 2.64. The van der Waals surface area contributed by atoms with E-state index < -0.39 is 0 Å². The van der Waals surface area contributed by atoms with E-state index in [0.29, 0.717) is 17.7 Å². The smallest absolute Gasteiger partial charge is 0.231 e. The molecule has 1 unspecified atom stereocenters. The number of benzene rings is 1. The Balaban J connectivity index is 1.56. The Bertz CT molecular complexity index is 849. The van der Waals surface area contributed by atoms with E-state index in [4.69, 9.17) is 9.51 Å². The fourth-order valence-corrected chi connectivity index (χ4v) is 4.08. The highest BCUT2D eigenvalue weighted by molar-refractivity contribution is 5.94. The lowest BCUT2D eigenvalue weighted by atomic mass is 9.93. The van der Waals surface area contributed by atoms with Crippen molar-refractivity contribution < 1.29 is 4.52 Å². The van der Waals surface area contributed by atoms with Crippen molar-refractivity contribution >= 4 is 10.9 Å². The van der Waals surface area contributed by atoms with Gasteiger partial charge in [-0.2, -0.15) is 4.98 Å². The number of hydrogen-bond donors (Lipinski definition) is 0. The van der Waals surface area contributed by atoms with Crippen LogP contribution in [0.15, 0.2) is 35.0 Å². The second-order valence-corrected chi connectivity index (χ2v) is 6.54. The lowest BCUT2D eigenvalue weighted by Gasteiger charge is -2.17. The molecule has 5 rings (SSSR count). The number of aryl methyl sites for hydroxylation is 1. The first-order valence-corrected chi connectivity index (χ1v) is 7.90. The zero-order valence-corrected chi connectivity index (χ0v) is 12.6. The van der Waals surface area contributed by atoms with Crippen LogP contribution in [0.1, 0.15) is 18.2 Å². The minimum absolute atomic E-state index is 0.421. The van der Waals surface area contributed by atoms with Crippen LogP contribution in [-0.2, 0) is 7.05 Å². The van der Waals surface area contributed by atoms with E-state index in [0.717, 1.165) is 18.0 Å². The molecule has 3 atom stereocenters. The van der Waals surface area contributed by atoms with Gasteiger partial charge in [0.1, 0.15) is 0 Å². The summed E-state index contributed by atoms with van der Waals surface area (Å²) in [5.41, 5.74) is 2.24. The highest BCUT2D eigenvalue weighted by Crippen LogP contribution is 2.39. The fourth-order valence-electron chi connectivity index (χ4n) is 4.08. The van der Waals surface area contributed by atoms with Crippen LogP contribution in [0.2, 0.25) is 0 Å². The maximum Gasteiger partial charge on any atom is 0.231 e. The summed E-state index contributed by atoms with van der Waals surface area (Å²) in [7, 11) is 2.05. The van der Waals surface area contributed by atoms with Crippen molar-refractivity contribution in [2.45, 2.75) is 12.3 Å². The van der Waals surface area contributed by atoms with Crippen molar-refractivity contribution in [2.24, 2.45) is 13.0 Å². The molecule has 0 saturated carbocycles. The molecule has 0 spiro atoms. The minimum atomic E-state index is 0.421. The van der Waals surface area contributed by atoms with Gasteiger partial charge in [-0.05, 0) is 24.9 Å². The van der Waals surface area contributed by atoms with Crippen molar-refractivity contribution in [1.82, 2.24) is 19.6 Å². The molecule has 3 aromatic rings. The molecule has 2 aromatic heterocycles. The summed E-state index contributed by atoms with van der Waals surface area (Å²) >= 11 is 0. The zero-order chi connectivity index (χ0) is 14.7. The van der Waals surface area contributed by atoms with Gasteiger partial charge in [0, 0.05) is 42.8 Å². The lowest BCUT2D eigenvalue weighted by molar-refractivity contribution is 0.289. The number of aromatic nitrogens is 3. The van der Waals surface area contributed by atoms with E-state index in [1.165, 1.54) is 30.4 Å². The Morgan fingerprint density at radius 1 is 1.23 bits per heavy atom. The number of rotatable bonds is 2. The van der Waals surface area contributed by atoms with Crippen LogP contribution in [0.5, 0.6) is 0 Å². The molecule has 22 heavy (non-hydrogen) atoms. The molecular formula is C17H18N4O. The molecule has 5 nitrogen and oxygen atoms in total. The maximum absolute atomic E-state index is 5.62. The molecule has 112 valence electrons. The van der Waals surface area contributed by atoms with E-state index in [1.54, 1.807) is 0 Å². The van der Waals surface area contributed by atoms with Crippen molar-refractivity contribution in [3.8, 4) is 11.4 Å². The van der Waals surface area contributed by atoms with Crippen LogP contribution in [0.4, 0.5) is 0 Å². The van der Waals surface area contributed by atoms with E-state index in [-0.39, 0.29) is 0 Å². The molecule has 0 N–H and O–H groups in total. The van der Waals surface area contributed by atoms with Gasteiger partial charge in [-0.3, -0.25) is 0 Å². The number of para-hydroxylation sites is 1. The Labute approximate surface area is 128 Å². The van der Waals surface area contributed by atoms with Gasteiger partial charge >= 0.3 is 0 Å². The maximum atomic E-state index is 5.62. The van der Waals surface area contributed by atoms with Gasteiger partial charge in [0.05, 0.1) is 5.92 Å². The molecule has 2 aliphatic heterocycles. The molecule has 2 saturated heterocycles. The first kappa shape index (κ1) is 12.4. The van der Waals surface area contributed by atoms with Crippen LogP contribution in [-0.4, -0.2) is 39.2 Å². The highest BCUT2D eigenvalue weighted by Gasteiger charge is 2.41. The topological polar surface area (TPSA) is 47.1 Å². The third kappa shape index (κ3) is 1.69. The predicted molar refractivity (Wildman–Crippen MR) is 83.5 cm³/mol. The third-order valence-electron chi connectivity index (χ3n) is 5.23. The van der Waals surface area contributed by atoms with Gasteiger partial charge in [-0.25, -0.2) is 0 Å². The summed E-state index contributed by atoms with van der Waals surface area (Å²) in [4.78, 5) is 7.22. The van der Waals surface area contributed by atoms with E-state index >= 15 is 0 Å². The van der Waals surface area contributed by atoms with Crippen LogP contribution in [0.3, 0.4) is 0 Å². The van der Waals surface area contributed by atoms with Crippen molar-refractivity contribution in [3.05, 3.63) is 36.4 Å². The zero-order valence-electron chi connectivity index (χ0n) is 12.6. The molecule has 5 heteroatoms. The summed E-state index contributed by atoms with van der Waals surface area (Å²) in [5, 5.41) is 5.44. The Morgan fingerprint density at radius 3 is 2.95 bits per heavy atom. The monoisotopic (exact) mass is 294 g/mol. The number of fused-ring (bicyclic) bond motifs is 3. The standard InChI is InChI=1S/C17H18N4O/c1-20-9-14(12-4-2-3-5-15(12)20)16-18-17(22-19-16)13-10-21-7-6-11(13)8-21/h2-5,9,11,13H,6-8,10H2,1H3/t11-,13+/m1/s1. The second kappa shape index (κ2) is 4.43. The summed E-state index contributed by atoms with van der Waals surface area (Å²) in [6.45, 7) is 3.49. The quantitative estimate of drug-likeness (QED) is 0.729. The minimum Gasteiger partial charge on any atom is -0.350 e. The van der Waals surface area contributed by atoms with Gasteiger partial charge in [0.15, 0.2) is 0 Å². The molecular weight excluding hydrogens is 276 g/mol. The lowest BCUT2D eigenvalue weighted by Crippen LogP contribution is -2.22. The van der Waals surface area contributed by atoms with Crippen molar-refractivity contribution in [2.75, 3.05) is 19.6 Å². The van der Waals surface area contributed by atoms with Gasteiger partial charge in [0.2, 0.25) is 11.7 Å². The molecule has 4 heterocycles. The molecule has 2 fully saturated rings. The van der Waals surface area contributed by atoms with Gasteiger partial charge in [0.25, 0.3) is 0 Å².